The van der Waals surface area contributed by atoms with Gasteiger partial charge in [0.2, 0.25) is 5.91 Å². The van der Waals surface area contributed by atoms with Crippen molar-refractivity contribution in [2.45, 2.75) is 19.4 Å². The molecule has 92 valence electrons. The molecule has 5 nitrogen and oxygen atoms in total. The first-order chi connectivity index (χ1) is 7.97. The van der Waals surface area contributed by atoms with E-state index in [0.29, 0.717) is 18.7 Å². The summed E-state index contributed by atoms with van der Waals surface area (Å²) in [6, 6.07) is 3.68. The van der Waals surface area contributed by atoms with Crippen LogP contribution in [-0.4, -0.2) is 30.7 Å². The number of nitrogens with zero attached hydrogens (tertiary/aromatic N) is 1. The summed E-state index contributed by atoms with van der Waals surface area (Å²) in [5, 5.41) is 12.1. The molecular formula is C12H17N3O2. The Balaban J connectivity index is 2.30. The third-order valence-corrected chi connectivity index (χ3v) is 2.83. The second-order valence-corrected chi connectivity index (χ2v) is 4.52. The van der Waals surface area contributed by atoms with E-state index in [-0.39, 0.29) is 5.91 Å². The molecule has 1 unspecified atom stereocenters. The van der Waals surface area contributed by atoms with Gasteiger partial charge in [0.05, 0.1) is 23.9 Å². The maximum absolute atomic E-state index is 11.3. The molecule has 0 radical (unpaired) electrons. The number of nitrogens with two attached hydrogens (primary N) is 1. The molecule has 2 rings (SSSR count). The van der Waals surface area contributed by atoms with Gasteiger partial charge in [-0.3, -0.25) is 4.79 Å². The van der Waals surface area contributed by atoms with E-state index >= 15 is 0 Å². The summed E-state index contributed by atoms with van der Waals surface area (Å²) in [6.07, 6.45) is -0.0397. The third-order valence-electron chi connectivity index (χ3n) is 2.83. The fourth-order valence-electron chi connectivity index (χ4n) is 2.11. The highest BCUT2D eigenvalue weighted by atomic mass is 16.3. The summed E-state index contributed by atoms with van der Waals surface area (Å²) < 4.78 is 0. The van der Waals surface area contributed by atoms with Crippen LogP contribution in [0.2, 0.25) is 0 Å². The first kappa shape index (κ1) is 11.7. The summed E-state index contributed by atoms with van der Waals surface area (Å²) in [5.74, 6) is -0.00488. The van der Waals surface area contributed by atoms with Crippen LogP contribution in [-0.2, 0) is 11.2 Å². The minimum Gasteiger partial charge on any atom is -0.397 e. The number of carbonyl (C=O) groups is 1. The molecule has 0 aromatic heterocycles. The average molecular weight is 235 g/mol. The molecular weight excluding hydrogens is 218 g/mol. The second-order valence-electron chi connectivity index (χ2n) is 4.52. The lowest BCUT2D eigenvalue weighted by Gasteiger charge is -2.23. The van der Waals surface area contributed by atoms with Gasteiger partial charge in [-0.15, -0.1) is 0 Å². The van der Waals surface area contributed by atoms with E-state index in [1.165, 1.54) is 0 Å². The van der Waals surface area contributed by atoms with E-state index in [1.54, 1.807) is 6.92 Å². The number of aliphatic hydroxyl groups excluding tert-OH is 1. The maximum atomic E-state index is 11.3. The molecule has 0 saturated carbocycles. The molecule has 1 aliphatic heterocycles. The first-order valence-corrected chi connectivity index (χ1v) is 5.59. The van der Waals surface area contributed by atoms with Gasteiger partial charge in [0.15, 0.2) is 0 Å². The van der Waals surface area contributed by atoms with Crippen molar-refractivity contribution in [3.05, 3.63) is 17.7 Å². The Morgan fingerprint density at radius 3 is 2.94 bits per heavy atom. The lowest BCUT2D eigenvalue weighted by Crippen LogP contribution is -2.27. The van der Waals surface area contributed by atoms with Crippen molar-refractivity contribution >= 4 is 23.0 Å². The van der Waals surface area contributed by atoms with E-state index in [4.69, 9.17) is 5.73 Å². The first-order valence-electron chi connectivity index (χ1n) is 5.59. The van der Waals surface area contributed by atoms with Gasteiger partial charge in [0.25, 0.3) is 0 Å². The number of carbonyl (C=O) groups excluding carboxylic acids is 1. The quantitative estimate of drug-likeness (QED) is 0.670. The number of nitrogens with one attached hydrogen (secondary N) is 1. The van der Waals surface area contributed by atoms with Gasteiger partial charge in [-0.05, 0) is 24.6 Å². The van der Waals surface area contributed by atoms with Crippen molar-refractivity contribution in [2.24, 2.45) is 0 Å². The van der Waals surface area contributed by atoms with Gasteiger partial charge in [-0.25, -0.2) is 0 Å². The van der Waals surface area contributed by atoms with E-state index < -0.39 is 6.10 Å². The lowest BCUT2D eigenvalue weighted by molar-refractivity contribution is -0.115. The molecule has 1 aliphatic rings. The fraction of sp³-hybridized carbons (Fsp3) is 0.417. The van der Waals surface area contributed by atoms with Crippen LogP contribution >= 0.6 is 0 Å². The number of anilines is 3. The van der Waals surface area contributed by atoms with Gasteiger partial charge in [-0.1, -0.05) is 0 Å². The van der Waals surface area contributed by atoms with Gasteiger partial charge in [-0.2, -0.15) is 0 Å². The van der Waals surface area contributed by atoms with Crippen LogP contribution in [0.1, 0.15) is 12.5 Å². The molecule has 5 heteroatoms. The molecule has 0 spiro atoms. The van der Waals surface area contributed by atoms with E-state index in [2.05, 4.69) is 5.32 Å². The van der Waals surface area contributed by atoms with Crippen molar-refractivity contribution < 1.29 is 9.90 Å². The lowest BCUT2D eigenvalue weighted by atomic mass is 10.1. The van der Waals surface area contributed by atoms with Gasteiger partial charge >= 0.3 is 0 Å². The predicted octanol–water partition coefficient (Wildman–Crippen LogP) is 0.580. The summed E-state index contributed by atoms with van der Waals surface area (Å²) in [5.41, 5.74) is 9.16. The summed E-state index contributed by atoms with van der Waals surface area (Å²) in [6.45, 7) is 2.22. The Morgan fingerprint density at radius 2 is 2.29 bits per heavy atom. The molecule has 0 bridgehead atoms. The average Bonchev–Trinajstić information content (AvgIpc) is 2.54. The molecule has 0 aliphatic carbocycles. The van der Waals surface area contributed by atoms with Crippen LogP contribution in [0.4, 0.5) is 17.1 Å². The molecule has 1 aromatic rings. The SMILES string of the molecule is CC(O)CN(C)c1cc2c(cc1N)CC(=O)N2. The summed E-state index contributed by atoms with van der Waals surface area (Å²) in [7, 11) is 1.86. The van der Waals surface area contributed by atoms with Crippen molar-refractivity contribution in [3.63, 3.8) is 0 Å². The number of likely N-dealkylation sites (N-methyl/N-ethyl adjacent to an activating group) is 1. The van der Waals surface area contributed by atoms with Crippen molar-refractivity contribution in [3.8, 4) is 0 Å². The molecule has 1 heterocycles. The van der Waals surface area contributed by atoms with E-state index in [1.807, 2.05) is 24.1 Å². The van der Waals surface area contributed by atoms with E-state index in [0.717, 1.165) is 16.9 Å². The summed E-state index contributed by atoms with van der Waals surface area (Å²) in [4.78, 5) is 13.1. The van der Waals surface area contributed by atoms with Crippen LogP contribution in [0.3, 0.4) is 0 Å². The van der Waals surface area contributed by atoms with Gasteiger partial charge in [0, 0.05) is 19.3 Å². The normalized spacial score (nSPS) is 15.4. The molecule has 4 N–H and O–H groups in total. The van der Waals surface area contributed by atoms with Crippen molar-refractivity contribution in [1.29, 1.82) is 0 Å². The highest BCUT2D eigenvalue weighted by Gasteiger charge is 2.20. The molecule has 1 aromatic carbocycles. The Hall–Kier alpha value is -1.75. The van der Waals surface area contributed by atoms with Gasteiger partial charge in [0.1, 0.15) is 0 Å². The second kappa shape index (κ2) is 4.25. The van der Waals surface area contributed by atoms with Crippen LogP contribution in [0, 0.1) is 0 Å². The van der Waals surface area contributed by atoms with Crippen molar-refractivity contribution in [2.75, 3.05) is 29.5 Å². The number of nitrogen functional groups attached to an aromatic ring is 1. The number of aliphatic hydroxyl groups is 1. The number of hydrogen-bond acceptors (Lipinski definition) is 4. The highest BCUT2D eigenvalue weighted by molar-refractivity contribution is 6.00. The van der Waals surface area contributed by atoms with Crippen molar-refractivity contribution in [1.82, 2.24) is 0 Å². The zero-order chi connectivity index (χ0) is 12.6. The van der Waals surface area contributed by atoms with Crippen LogP contribution in [0.5, 0.6) is 0 Å². The topological polar surface area (TPSA) is 78.6 Å². The maximum Gasteiger partial charge on any atom is 0.228 e. The van der Waals surface area contributed by atoms with Gasteiger partial charge < -0.3 is 21.1 Å². The Labute approximate surface area is 100 Å². The summed E-state index contributed by atoms with van der Waals surface area (Å²) >= 11 is 0. The Kier molecular flexibility index (Phi) is 2.93. The number of hydrogen-bond donors (Lipinski definition) is 3. The largest absolute Gasteiger partial charge is 0.397 e. The molecule has 0 saturated heterocycles. The number of amides is 1. The molecule has 1 amide bonds. The molecule has 1 atom stereocenters. The van der Waals surface area contributed by atoms with Crippen LogP contribution in [0.15, 0.2) is 12.1 Å². The number of fused-ring (bicyclic) bond motifs is 1. The fourth-order valence-corrected chi connectivity index (χ4v) is 2.11. The van der Waals surface area contributed by atoms with E-state index in [9.17, 15) is 9.90 Å². The number of rotatable bonds is 3. The minimum absolute atomic E-state index is 0.00488. The molecule has 17 heavy (non-hydrogen) atoms. The van der Waals surface area contributed by atoms with Crippen LogP contribution < -0.4 is 16.0 Å². The highest BCUT2D eigenvalue weighted by Crippen LogP contribution is 2.33. The Bertz CT molecular complexity index is 457. The van der Waals surface area contributed by atoms with Crippen LogP contribution in [0.25, 0.3) is 0 Å². The zero-order valence-electron chi connectivity index (χ0n) is 10.0. The number of benzene rings is 1. The third kappa shape index (κ3) is 2.34. The zero-order valence-corrected chi connectivity index (χ0v) is 10.0. The minimum atomic E-state index is -0.428. The smallest absolute Gasteiger partial charge is 0.228 e. The predicted molar refractivity (Wildman–Crippen MR) is 68.1 cm³/mol. The Morgan fingerprint density at radius 1 is 1.59 bits per heavy atom. The molecule has 0 fully saturated rings. The standard InChI is InChI=1S/C12H17N3O2/c1-7(16)6-15(2)11-5-10-8(3-9(11)13)4-12(17)14-10/h3,5,7,16H,4,6,13H2,1-2H3,(H,14,17). The monoisotopic (exact) mass is 235 g/mol.